The second-order valence-corrected chi connectivity index (χ2v) is 16.6. The molecule has 2 unspecified atom stereocenters. The molecule has 6 aromatic rings. The van der Waals surface area contributed by atoms with E-state index >= 15 is 0 Å². The highest BCUT2D eigenvalue weighted by Crippen LogP contribution is 2.41. The standard InChI is InChI=1S/C26H30N6O4S.C25H28N6O4S/c1-6-17-7-9-18(10-8-17)20(15-27)29-25(33)21-16-32(31-30-21)14-13-28-26(37-5)19-11-12-22(34-2)24(36-4)23(19)35-3;1-5-16-6-8-17(9-7-16)19(14-26)28-24(32)20-15-31(30-29-20)13-12-27-25(36)18-10-11-21(33-2)23(35-4)22(18)34-3/h7-12,16,20H,6,13-14H2,1-5H3,(H,29,33);6-11,15,19H,5,12-13H2,1-4H3,(H,27,36)(H,28,32). The molecule has 0 fully saturated rings. The van der Waals surface area contributed by atoms with Crippen molar-refractivity contribution >= 4 is 45.8 Å². The number of aryl methyl sites for hydroxylation is 2. The normalized spacial score (nSPS) is 11.6. The highest BCUT2D eigenvalue weighted by atomic mass is 32.2. The fourth-order valence-electron chi connectivity index (χ4n) is 7.15. The van der Waals surface area contributed by atoms with E-state index in [0.717, 1.165) is 34.6 Å². The molecular weight excluding hydrogens is 973 g/mol. The van der Waals surface area contributed by atoms with Crippen molar-refractivity contribution in [1.82, 2.24) is 45.9 Å². The Kier molecular flexibility index (Phi) is 21.4. The van der Waals surface area contributed by atoms with Crippen LogP contribution >= 0.6 is 24.0 Å². The average Bonchev–Trinajstić information content (AvgIpc) is 4.13. The molecule has 20 nitrogen and oxygen atoms in total. The summed E-state index contributed by atoms with van der Waals surface area (Å²) in [5.74, 6) is 2.08. The molecule has 22 heteroatoms. The summed E-state index contributed by atoms with van der Waals surface area (Å²) in [6.45, 7) is 5.73. The van der Waals surface area contributed by atoms with Crippen LogP contribution in [0, 0.1) is 22.7 Å². The SMILES string of the molecule is CCc1ccc(C(C#N)NC(=O)c2cn(CCN=C(SC)c3ccc(OC)c(OC)c3OC)nn2)cc1.CCc1ccc(C(C#N)NC(=O)c2cn(CCNC(=S)c3ccc(OC)c(OC)c3OC)nn2)cc1. The first-order chi connectivity index (χ1) is 35.4. The Labute approximate surface area is 434 Å². The minimum atomic E-state index is -0.788. The molecule has 0 aliphatic carbocycles. The number of nitrogens with one attached hydrogen (secondary N) is 3. The van der Waals surface area contributed by atoms with Crippen molar-refractivity contribution in [2.24, 2.45) is 4.99 Å². The number of ether oxygens (including phenoxy) is 6. The summed E-state index contributed by atoms with van der Waals surface area (Å²) < 4.78 is 35.7. The highest BCUT2D eigenvalue weighted by Gasteiger charge is 2.22. The van der Waals surface area contributed by atoms with Crippen molar-refractivity contribution in [3.63, 3.8) is 0 Å². The summed E-state index contributed by atoms with van der Waals surface area (Å²) >= 11 is 6.99. The molecule has 0 saturated carbocycles. The molecule has 3 N–H and O–H groups in total. The number of thioether (sulfide) groups is 1. The quantitative estimate of drug-likeness (QED) is 0.0373. The fourth-order valence-corrected chi connectivity index (χ4v) is 8.01. The number of aliphatic imine (C=N–C) groups is 1. The monoisotopic (exact) mass is 1030 g/mol. The zero-order valence-electron chi connectivity index (χ0n) is 42.1. The zero-order valence-corrected chi connectivity index (χ0v) is 43.7. The van der Waals surface area contributed by atoms with Gasteiger partial charge in [-0.2, -0.15) is 10.5 Å². The van der Waals surface area contributed by atoms with Crippen LogP contribution in [0.4, 0.5) is 0 Å². The molecule has 0 bridgehead atoms. The van der Waals surface area contributed by atoms with Crippen molar-refractivity contribution < 1.29 is 38.0 Å². The largest absolute Gasteiger partial charge is 0.493 e. The van der Waals surface area contributed by atoms with E-state index in [4.69, 9.17) is 40.6 Å². The number of carbonyl (C=O) groups is 2. The van der Waals surface area contributed by atoms with Crippen LogP contribution in [0.1, 0.15) is 80.3 Å². The number of carbonyl (C=O) groups excluding carboxylic acids is 2. The number of nitrogens with zero attached hydrogens (tertiary/aromatic N) is 9. The Morgan fingerprint density at radius 2 is 1.08 bits per heavy atom. The van der Waals surface area contributed by atoms with Crippen molar-refractivity contribution in [1.29, 1.82) is 10.5 Å². The van der Waals surface area contributed by atoms with E-state index in [1.165, 1.54) is 43.1 Å². The summed E-state index contributed by atoms with van der Waals surface area (Å²) in [6.07, 6.45) is 6.78. The number of rotatable bonds is 22. The molecule has 6 rings (SSSR count). The molecule has 2 atom stereocenters. The predicted octanol–water partition coefficient (Wildman–Crippen LogP) is 6.50. The van der Waals surface area contributed by atoms with E-state index in [0.29, 0.717) is 82.4 Å². The van der Waals surface area contributed by atoms with Crippen molar-refractivity contribution in [3.05, 3.63) is 130 Å². The number of hydrogen-bond donors (Lipinski definition) is 3. The first-order valence-corrected chi connectivity index (χ1v) is 24.4. The lowest BCUT2D eigenvalue weighted by molar-refractivity contribution is 0.0932. The molecular formula is C51H58N12O8S2. The van der Waals surface area contributed by atoms with E-state index in [2.05, 4.69) is 67.6 Å². The Morgan fingerprint density at radius 3 is 1.49 bits per heavy atom. The highest BCUT2D eigenvalue weighted by molar-refractivity contribution is 8.13. The molecule has 0 aliphatic rings. The van der Waals surface area contributed by atoms with Gasteiger partial charge in [0.2, 0.25) is 11.5 Å². The van der Waals surface area contributed by atoms with Crippen molar-refractivity contribution in [2.75, 3.05) is 62.0 Å². The number of methoxy groups -OCH3 is 6. The van der Waals surface area contributed by atoms with Gasteiger partial charge in [-0.15, -0.1) is 22.0 Å². The first-order valence-electron chi connectivity index (χ1n) is 22.8. The third-order valence-corrected chi connectivity index (χ3v) is 12.2. The lowest BCUT2D eigenvalue weighted by Gasteiger charge is -2.17. The van der Waals surface area contributed by atoms with Crippen molar-refractivity contribution in [3.8, 4) is 46.6 Å². The van der Waals surface area contributed by atoms with E-state index in [9.17, 15) is 20.1 Å². The van der Waals surface area contributed by atoms with Gasteiger partial charge in [0.05, 0.1) is 98.0 Å². The Balaban J connectivity index is 0.000000271. The zero-order chi connectivity index (χ0) is 52.9. The number of benzene rings is 4. The van der Waals surface area contributed by atoms with Gasteiger partial charge in [0.1, 0.15) is 22.1 Å². The summed E-state index contributed by atoms with van der Waals surface area (Å²) in [7, 11) is 9.29. The van der Waals surface area contributed by atoms with Gasteiger partial charge in [-0.3, -0.25) is 14.6 Å². The lowest BCUT2D eigenvalue weighted by atomic mass is 10.0. The molecule has 2 aromatic heterocycles. The molecule has 2 amide bonds. The molecule has 2 heterocycles. The van der Waals surface area contributed by atoms with Gasteiger partial charge in [0.15, 0.2) is 34.4 Å². The minimum Gasteiger partial charge on any atom is -0.493 e. The van der Waals surface area contributed by atoms with Crippen LogP contribution in [0.5, 0.6) is 34.5 Å². The van der Waals surface area contributed by atoms with Crippen molar-refractivity contribution in [2.45, 2.75) is 51.9 Å². The minimum absolute atomic E-state index is 0.115. The second kappa shape index (κ2) is 28.0. The topological polar surface area (TPSA) is 247 Å². The maximum atomic E-state index is 12.7. The number of aromatic nitrogens is 6. The van der Waals surface area contributed by atoms with E-state index in [1.807, 2.05) is 60.9 Å². The third kappa shape index (κ3) is 14.5. The second-order valence-electron chi connectivity index (χ2n) is 15.4. The third-order valence-electron chi connectivity index (χ3n) is 11.1. The van der Waals surface area contributed by atoms with E-state index in [-0.39, 0.29) is 11.4 Å². The molecule has 382 valence electrons. The number of amides is 2. The Hall–Kier alpha value is -8.21. The maximum absolute atomic E-state index is 12.7. The van der Waals surface area contributed by atoms with Crippen LogP contribution in [0.3, 0.4) is 0 Å². The van der Waals surface area contributed by atoms with Crippen LogP contribution in [-0.2, 0) is 25.9 Å². The number of nitriles is 2. The summed E-state index contributed by atoms with van der Waals surface area (Å²) in [5, 5.41) is 44.3. The van der Waals surface area contributed by atoms with Gasteiger partial charge in [0, 0.05) is 6.54 Å². The first kappa shape index (κ1) is 55.7. The smallest absolute Gasteiger partial charge is 0.274 e. The van der Waals surface area contributed by atoms with E-state index < -0.39 is 23.9 Å². The van der Waals surface area contributed by atoms with Gasteiger partial charge in [0.25, 0.3) is 11.8 Å². The lowest BCUT2D eigenvalue weighted by Crippen LogP contribution is -2.28. The number of thiocarbonyl (C=S) groups is 1. The van der Waals surface area contributed by atoms with Gasteiger partial charge in [-0.25, -0.2) is 9.36 Å². The van der Waals surface area contributed by atoms with Gasteiger partial charge >= 0.3 is 0 Å². The predicted molar refractivity (Wildman–Crippen MR) is 280 cm³/mol. The van der Waals surface area contributed by atoms with E-state index in [1.54, 1.807) is 51.3 Å². The molecule has 0 aliphatic heterocycles. The maximum Gasteiger partial charge on any atom is 0.274 e. The average molecular weight is 1030 g/mol. The summed E-state index contributed by atoms with van der Waals surface area (Å²) in [5.41, 5.74) is 5.41. The van der Waals surface area contributed by atoms with Gasteiger partial charge in [-0.1, -0.05) is 85.0 Å². The molecule has 0 saturated heterocycles. The fraction of sp³-hybridized carbons (Fsp3) is 0.333. The van der Waals surface area contributed by atoms with Crippen LogP contribution in [0.25, 0.3) is 0 Å². The Bertz CT molecular complexity index is 2930. The molecule has 0 spiro atoms. The van der Waals surface area contributed by atoms with Gasteiger partial charge < -0.3 is 44.4 Å². The Morgan fingerprint density at radius 1 is 0.644 bits per heavy atom. The molecule has 0 radical (unpaired) electrons. The van der Waals surface area contributed by atoms with Gasteiger partial charge in [-0.05, 0) is 65.6 Å². The molecule has 73 heavy (non-hydrogen) atoms. The molecule has 4 aromatic carbocycles. The van der Waals surface area contributed by atoms with Crippen LogP contribution < -0.4 is 44.4 Å². The summed E-state index contributed by atoms with van der Waals surface area (Å²) in [4.78, 5) is 30.4. The van der Waals surface area contributed by atoms with Crippen LogP contribution in [0.2, 0.25) is 0 Å². The van der Waals surface area contributed by atoms with Crippen LogP contribution in [-0.4, -0.2) is 114 Å². The van der Waals surface area contributed by atoms with Crippen LogP contribution in [0.15, 0.2) is 90.2 Å². The summed E-state index contributed by atoms with van der Waals surface area (Å²) in [6, 6.07) is 25.0. The number of hydrogen-bond acceptors (Lipinski definition) is 17.